The lowest BCUT2D eigenvalue weighted by Crippen LogP contribution is -2.06. The first kappa shape index (κ1) is 11.4. The van der Waals surface area contributed by atoms with Crippen LogP contribution in [-0.4, -0.2) is 0 Å². The summed E-state index contributed by atoms with van der Waals surface area (Å²) in [6.07, 6.45) is -4.43. The van der Waals surface area contributed by atoms with Crippen molar-refractivity contribution < 1.29 is 13.2 Å². The molecule has 0 amide bonds. The molecule has 0 saturated carbocycles. The summed E-state index contributed by atoms with van der Waals surface area (Å²) in [5.74, 6) is 0. The Morgan fingerprint density at radius 1 is 1.36 bits per heavy atom. The van der Waals surface area contributed by atoms with Crippen LogP contribution < -0.4 is 0 Å². The van der Waals surface area contributed by atoms with E-state index in [1.165, 1.54) is 12.1 Å². The van der Waals surface area contributed by atoms with E-state index in [1.54, 1.807) is 5.40 Å². The van der Waals surface area contributed by atoms with Crippen LogP contribution in [0.5, 0.6) is 0 Å². The lowest BCUT2D eigenvalue weighted by Gasteiger charge is -2.10. The van der Waals surface area contributed by atoms with E-state index in [0.29, 0.717) is 11.8 Å². The maximum Gasteiger partial charge on any atom is 0.417 e. The topological polar surface area (TPSA) is 23.8 Å². The van der Waals surface area contributed by atoms with Gasteiger partial charge in [0.15, 0.2) is 0 Å². The second-order valence-corrected chi connectivity index (χ2v) is 3.96. The molecule has 0 heterocycles. The highest BCUT2D eigenvalue weighted by molar-refractivity contribution is 9.10. The van der Waals surface area contributed by atoms with Crippen LogP contribution in [0.25, 0.3) is 0 Å². The van der Waals surface area contributed by atoms with E-state index in [0.717, 1.165) is 6.07 Å². The first-order valence-corrected chi connectivity index (χ1v) is 4.99. The van der Waals surface area contributed by atoms with Crippen LogP contribution in [0, 0.1) is 10.7 Å². The minimum absolute atomic E-state index is 0.0949. The molecular formula is C8H3BrF3NS. The summed E-state index contributed by atoms with van der Waals surface area (Å²) in [6, 6.07) is 3.70. The number of hydrogen-bond acceptors (Lipinski definition) is 2. The summed E-state index contributed by atoms with van der Waals surface area (Å²) >= 11 is 3.46. The fourth-order valence-electron chi connectivity index (χ4n) is 0.881. The van der Waals surface area contributed by atoms with Gasteiger partial charge in [-0.2, -0.15) is 18.4 Å². The molecule has 1 nitrogen and oxygen atoms in total. The number of benzene rings is 1. The van der Waals surface area contributed by atoms with E-state index >= 15 is 0 Å². The molecule has 0 aliphatic rings. The van der Waals surface area contributed by atoms with E-state index in [-0.39, 0.29) is 9.37 Å². The van der Waals surface area contributed by atoms with Crippen molar-refractivity contribution in [3.05, 3.63) is 28.2 Å². The number of nitrogens with zero attached hydrogens (tertiary/aromatic N) is 1. The molecule has 0 saturated heterocycles. The Morgan fingerprint density at radius 3 is 2.50 bits per heavy atom. The molecule has 0 N–H and O–H groups in total. The average Bonchev–Trinajstić information content (AvgIpc) is 2.07. The maximum atomic E-state index is 12.4. The standard InChI is InChI=1S/C8H3BrF3NS/c9-6-3-1-2-5(8(10,11)12)7(6)14-4-13/h1-3H. The molecule has 1 aromatic rings. The summed E-state index contributed by atoms with van der Waals surface area (Å²) in [4.78, 5) is -0.0949. The van der Waals surface area contributed by atoms with E-state index in [9.17, 15) is 13.2 Å². The first-order chi connectivity index (χ1) is 6.46. The molecule has 0 fully saturated rings. The highest BCUT2D eigenvalue weighted by Crippen LogP contribution is 2.39. The van der Waals surface area contributed by atoms with Crippen LogP contribution in [0.15, 0.2) is 27.6 Å². The minimum atomic E-state index is -4.43. The molecular weight excluding hydrogens is 279 g/mol. The first-order valence-electron chi connectivity index (χ1n) is 3.38. The second-order valence-electron chi connectivity index (χ2n) is 2.31. The van der Waals surface area contributed by atoms with Gasteiger partial charge in [0.25, 0.3) is 0 Å². The third-order valence-corrected chi connectivity index (χ3v) is 3.08. The van der Waals surface area contributed by atoms with Crippen molar-refractivity contribution in [1.82, 2.24) is 0 Å². The SMILES string of the molecule is N#CSc1c(Br)cccc1C(F)(F)F. The van der Waals surface area contributed by atoms with Gasteiger partial charge in [0.05, 0.1) is 5.56 Å². The van der Waals surface area contributed by atoms with Crippen molar-refractivity contribution >= 4 is 27.7 Å². The molecule has 0 bridgehead atoms. The Hall–Kier alpha value is -0.670. The van der Waals surface area contributed by atoms with Gasteiger partial charge in [-0.3, -0.25) is 0 Å². The molecule has 0 aromatic heterocycles. The van der Waals surface area contributed by atoms with E-state index < -0.39 is 11.7 Å². The molecule has 1 aromatic carbocycles. The van der Waals surface area contributed by atoms with Gasteiger partial charge < -0.3 is 0 Å². The molecule has 0 atom stereocenters. The third kappa shape index (κ3) is 2.42. The van der Waals surface area contributed by atoms with Crippen LogP contribution >= 0.6 is 27.7 Å². The van der Waals surface area contributed by atoms with Gasteiger partial charge in [-0.1, -0.05) is 6.07 Å². The molecule has 14 heavy (non-hydrogen) atoms. The summed E-state index contributed by atoms with van der Waals surface area (Å²) in [5, 5.41) is 9.98. The van der Waals surface area contributed by atoms with E-state index in [1.807, 2.05) is 0 Å². The van der Waals surface area contributed by atoms with Crippen molar-refractivity contribution in [2.75, 3.05) is 0 Å². The van der Waals surface area contributed by atoms with Crippen molar-refractivity contribution in [2.45, 2.75) is 11.1 Å². The van der Waals surface area contributed by atoms with Crippen molar-refractivity contribution in [3.63, 3.8) is 0 Å². The summed E-state index contributed by atoms with van der Waals surface area (Å²) < 4.78 is 37.5. The summed E-state index contributed by atoms with van der Waals surface area (Å²) in [5.41, 5.74) is -0.793. The van der Waals surface area contributed by atoms with Gasteiger partial charge in [0, 0.05) is 9.37 Å². The predicted molar refractivity (Wildman–Crippen MR) is 50.6 cm³/mol. The fraction of sp³-hybridized carbons (Fsp3) is 0.125. The largest absolute Gasteiger partial charge is 0.417 e. The van der Waals surface area contributed by atoms with Crippen molar-refractivity contribution in [3.8, 4) is 5.40 Å². The quantitative estimate of drug-likeness (QED) is 0.573. The third-order valence-electron chi connectivity index (χ3n) is 1.42. The number of rotatable bonds is 1. The highest BCUT2D eigenvalue weighted by atomic mass is 79.9. The van der Waals surface area contributed by atoms with Gasteiger partial charge in [0.2, 0.25) is 0 Å². The van der Waals surface area contributed by atoms with Crippen LogP contribution in [0.1, 0.15) is 5.56 Å². The predicted octanol–water partition coefficient (Wildman–Crippen LogP) is 4.04. The zero-order valence-corrected chi connectivity index (χ0v) is 9.00. The molecule has 6 heteroatoms. The van der Waals surface area contributed by atoms with Gasteiger partial charge in [0.1, 0.15) is 5.40 Å². The van der Waals surface area contributed by atoms with Gasteiger partial charge in [-0.25, -0.2) is 0 Å². The monoisotopic (exact) mass is 281 g/mol. The molecule has 0 unspecified atom stereocenters. The zero-order valence-electron chi connectivity index (χ0n) is 6.60. The van der Waals surface area contributed by atoms with Crippen molar-refractivity contribution in [1.29, 1.82) is 5.26 Å². The number of nitriles is 1. The van der Waals surface area contributed by atoms with Gasteiger partial charge >= 0.3 is 6.18 Å². The van der Waals surface area contributed by atoms with Crippen molar-refractivity contribution in [2.24, 2.45) is 0 Å². The Kier molecular flexibility index (Phi) is 3.45. The normalized spacial score (nSPS) is 11.1. The number of hydrogen-bond donors (Lipinski definition) is 0. The number of halogens is 4. The maximum absolute atomic E-state index is 12.4. The molecule has 0 aliphatic heterocycles. The van der Waals surface area contributed by atoms with Gasteiger partial charge in [-0.15, -0.1) is 0 Å². The molecule has 0 radical (unpaired) electrons. The van der Waals surface area contributed by atoms with Gasteiger partial charge in [-0.05, 0) is 39.8 Å². The summed E-state index contributed by atoms with van der Waals surface area (Å²) in [6.45, 7) is 0. The number of alkyl halides is 3. The highest BCUT2D eigenvalue weighted by Gasteiger charge is 2.34. The zero-order chi connectivity index (χ0) is 10.8. The van der Waals surface area contributed by atoms with E-state index in [2.05, 4.69) is 15.9 Å². The minimum Gasteiger partial charge on any atom is -0.185 e. The molecule has 0 aliphatic carbocycles. The number of thioether (sulfide) groups is 1. The summed E-state index contributed by atoms with van der Waals surface area (Å²) in [7, 11) is 0. The Labute approximate surface area is 91.0 Å². The lowest BCUT2D eigenvalue weighted by molar-refractivity contribution is -0.139. The smallest absolute Gasteiger partial charge is 0.185 e. The Morgan fingerprint density at radius 2 is 2.00 bits per heavy atom. The second kappa shape index (κ2) is 4.24. The Balaban J connectivity index is 3.30. The fourth-order valence-corrected chi connectivity index (χ4v) is 2.04. The van der Waals surface area contributed by atoms with Crippen LogP contribution in [-0.2, 0) is 6.18 Å². The van der Waals surface area contributed by atoms with Crippen LogP contribution in [0.4, 0.5) is 13.2 Å². The molecule has 1 rings (SSSR count). The lowest BCUT2D eigenvalue weighted by atomic mass is 10.2. The average molecular weight is 282 g/mol. The van der Waals surface area contributed by atoms with Crippen LogP contribution in [0.3, 0.4) is 0 Å². The van der Waals surface area contributed by atoms with E-state index in [4.69, 9.17) is 5.26 Å². The Bertz CT molecular complexity index is 383. The number of thiocyanates is 1. The molecule has 74 valence electrons. The van der Waals surface area contributed by atoms with Crippen LogP contribution in [0.2, 0.25) is 0 Å². The molecule has 0 spiro atoms.